The van der Waals surface area contributed by atoms with Gasteiger partial charge in [-0.05, 0) is 43.9 Å². The first-order valence-corrected chi connectivity index (χ1v) is 6.53. The van der Waals surface area contributed by atoms with Gasteiger partial charge in [0.15, 0.2) is 5.15 Å². The molecular weight excluding hydrogens is 236 g/mol. The lowest BCUT2D eigenvalue weighted by atomic mass is 10.0. The van der Waals surface area contributed by atoms with Crippen molar-refractivity contribution in [3.63, 3.8) is 0 Å². The fourth-order valence-electron chi connectivity index (χ4n) is 3.25. The molecule has 92 valence electrons. The molecule has 5 heteroatoms. The van der Waals surface area contributed by atoms with Crippen LogP contribution in [0.2, 0.25) is 5.15 Å². The summed E-state index contributed by atoms with van der Waals surface area (Å²) in [6.45, 7) is 2.49. The molecule has 1 aromatic rings. The minimum Gasteiger partial charge on any atom is -0.366 e. The van der Waals surface area contributed by atoms with Crippen LogP contribution in [0.3, 0.4) is 0 Å². The predicted octanol–water partition coefficient (Wildman–Crippen LogP) is 1.88. The van der Waals surface area contributed by atoms with Gasteiger partial charge in [0.2, 0.25) is 0 Å². The average Bonchev–Trinajstić information content (AvgIpc) is 2.78. The Morgan fingerprint density at radius 3 is 2.53 bits per heavy atom. The molecule has 2 heterocycles. The molecule has 17 heavy (non-hydrogen) atoms. The van der Waals surface area contributed by atoms with Crippen molar-refractivity contribution in [3.05, 3.63) is 17.3 Å². The van der Waals surface area contributed by atoms with E-state index >= 15 is 0 Å². The molecule has 1 aliphatic carbocycles. The van der Waals surface area contributed by atoms with Crippen molar-refractivity contribution in [2.75, 3.05) is 25.5 Å². The predicted molar refractivity (Wildman–Crippen MR) is 68.2 cm³/mol. The number of rotatable bonds is 2. The van der Waals surface area contributed by atoms with Crippen LogP contribution >= 0.6 is 11.6 Å². The smallest absolute Gasteiger partial charge is 0.151 e. The summed E-state index contributed by atoms with van der Waals surface area (Å²) in [5.41, 5.74) is 0. The molecule has 1 aliphatic heterocycles. The lowest BCUT2D eigenvalue weighted by Gasteiger charge is -2.16. The molecule has 2 aliphatic rings. The number of aromatic nitrogens is 2. The third-order valence-corrected chi connectivity index (χ3v) is 4.12. The second-order valence-corrected chi connectivity index (χ2v) is 5.68. The minimum absolute atomic E-state index is 0.445. The van der Waals surface area contributed by atoms with Crippen molar-refractivity contribution in [2.24, 2.45) is 11.8 Å². The van der Waals surface area contributed by atoms with Gasteiger partial charge in [-0.1, -0.05) is 11.6 Å². The Labute approximate surface area is 106 Å². The molecular formula is C12H17ClN4. The van der Waals surface area contributed by atoms with Gasteiger partial charge in [-0.3, -0.25) is 0 Å². The maximum absolute atomic E-state index is 5.72. The minimum atomic E-state index is 0.445. The number of likely N-dealkylation sites (tertiary alicyclic amines) is 1. The Hall–Kier alpha value is -0.870. The van der Waals surface area contributed by atoms with E-state index in [1.54, 1.807) is 6.07 Å². The fraction of sp³-hybridized carbons (Fsp3) is 0.667. The molecule has 0 aromatic carbocycles. The van der Waals surface area contributed by atoms with E-state index in [-0.39, 0.29) is 0 Å². The van der Waals surface area contributed by atoms with Gasteiger partial charge in [0, 0.05) is 19.1 Å². The Bertz CT molecular complexity index is 380. The summed E-state index contributed by atoms with van der Waals surface area (Å²) in [4.78, 5) is 2.44. The van der Waals surface area contributed by atoms with E-state index in [0.717, 1.165) is 17.7 Å². The second kappa shape index (κ2) is 4.42. The van der Waals surface area contributed by atoms with Crippen LogP contribution < -0.4 is 5.32 Å². The highest BCUT2D eigenvalue weighted by Gasteiger charge is 2.39. The SMILES string of the molecule is CN1C[C@H]2C[C@H](Nc3ccc(Cl)nn3)C[C@H]2C1. The number of nitrogens with one attached hydrogen (secondary N) is 1. The van der Waals surface area contributed by atoms with Crippen LogP contribution in [0.1, 0.15) is 12.8 Å². The molecule has 3 rings (SSSR count). The molecule has 0 amide bonds. The monoisotopic (exact) mass is 252 g/mol. The van der Waals surface area contributed by atoms with Crippen LogP contribution in [0.25, 0.3) is 0 Å². The lowest BCUT2D eigenvalue weighted by molar-refractivity contribution is 0.374. The topological polar surface area (TPSA) is 41.0 Å². The number of hydrogen-bond donors (Lipinski definition) is 1. The second-order valence-electron chi connectivity index (χ2n) is 5.30. The first kappa shape index (κ1) is 11.2. The van der Waals surface area contributed by atoms with Gasteiger partial charge in [0.1, 0.15) is 5.82 Å². The number of fused-ring (bicyclic) bond motifs is 1. The van der Waals surface area contributed by atoms with Crippen LogP contribution in [0.15, 0.2) is 12.1 Å². The molecule has 0 radical (unpaired) electrons. The molecule has 1 aromatic heterocycles. The maximum Gasteiger partial charge on any atom is 0.151 e. The summed E-state index contributed by atoms with van der Waals surface area (Å²) in [5.74, 6) is 2.56. The van der Waals surface area contributed by atoms with E-state index in [1.165, 1.54) is 25.9 Å². The zero-order valence-electron chi connectivity index (χ0n) is 9.93. The van der Waals surface area contributed by atoms with Gasteiger partial charge in [0.25, 0.3) is 0 Å². The van der Waals surface area contributed by atoms with Crippen LogP contribution in [0.4, 0.5) is 5.82 Å². The Kier molecular flexibility index (Phi) is 2.92. The van der Waals surface area contributed by atoms with E-state index in [0.29, 0.717) is 11.2 Å². The largest absolute Gasteiger partial charge is 0.366 e. The van der Waals surface area contributed by atoms with Crippen molar-refractivity contribution in [3.8, 4) is 0 Å². The lowest BCUT2D eigenvalue weighted by Crippen LogP contribution is -2.22. The third kappa shape index (κ3) is 2.38. The Morgan fingerprint density at radius 1 is 1.24 bits per heavy atom. The van der Waals surface area contributed by atoms with Crippen LogP contribution in [-0.2, 0) is 0 Å². The molecule has 2 fully saturated rings. The number of nitrogens with zero attached hydrogens (tertiary/aromatic N) is 3. The van der Waals surface area contributed by atoms with E-state index in [4.69, 9.17) is 11.6 Å². The van der Waals surface area contributed by atoms with Gasteiger partial charge in [-0.15, -0.1) is 10.2 Å². The van der Waals surface area contributed by atoms with E-state index < -0.39 is 0 Å². The first-order valence-electron chi connectivity index (χ1n) is 6.15. The molecule has 1 saturated heterocycles. The summed E-state index contributed by atoms with van der Waals surface area (Å²) >= 11 is 5.72. The molecule has 3 atom stereocenters. The van der Waals surface area contributed by atoms with Crippen molar-refractivity contribution in [1.29, 1.82) is 0 Å². The first-order chi connectivity index (χ1) is 8.20. The van der Waals surface area contributed by atoms with E-state index in [2.05, 4.69) is 27.5 Å². The average molecular weight is 253 g/mol. The summed E-state index contributed by atoms with van der Waals surface area (Å²) in [7, 11) is 2.21. The van der Waals surface area contributed by atoms with Crippen molar-refractivity contribution in [2.45, 2.75) is 18.9 Å². The zero-order valence-corrected chi connectivity index (χ0v) is 10.7. The molecule has 0 unspecified atom stereocenters. The van der Waals surface area contributed by atoms with Gasteiger partial charge in [-0.2, -0.15) is 0 Å². The molecule has 0 spiro atoms. The van der Waals surface area contributed by atoms with Crippen molar-refractivity contribution < 1.29 is 0 Å². The Balaban J connectivity index is 1.60. The quantitative estimate of drug-likeness (QED) is 0.873. The van der Waals surface area contributed by atoms with Gasteiger partial charge < -0.3 is 10.2 Å². The highest BCUT2D eigenvalue weighted by atomic mass is 35.5. The molecule has 0 bridgehead atoms. The third-order valence-electron chi connectivity index (χ3n) is 3.92. The number of halogens is 1. The molecule has 1 N–H and O–H groups in total. The number of anilines is 1. The van der Waals surface area contributed by atoms with Crippen molar-refractivity contribution >= 4 is 17.4 Å². The fourth-order valence-corrected chi connectivity index (χ4v) is 3.36. The highest BCUT2D eigenvalue weighted by molar-refractivity contribution is 6.29. The summed E-state index contributed by atoms with van der Waals surface area (Å²) in [5, 5.41) is 11.8. The normalized spacial score (nSPS) is 32.7. The number of hydrogen-bond acceptors (Lipinski definition) is 4. The van der Waals surface area contributed by atoms with Gasteiger partial charge >= 0.3 is 0 Å². The summed E-state index contributed by atoms with van der Waals surface area (Å²) < 4.78 is 0. The summed E-state index contributed by atoms with van der Waals surface area (Å²) in [6.07, 6.45) is 2.50. The van der Waals surface area contributed by atoms with E-state index in [9.17, 15) is 0 Å². The van der Waals surface area contributed by atoms with Gasteiger partial charge in [-0.25, -0.2) is 0 Å². The van der Waals surface area contributed by atoms with Crippen LogP contribution in [0.5, 0.6) is 0 Å². The van der Waals surface area contributed by atoms with Crippen LogP contribution in [-0.4, -0.2) is 41.3 Å². The zero-order chi connectivity index (χ0) is 11.8. The Morgan fingerprint density at radius 2 is 1.94 bits per heavy atom. The molecule has 1 saturated carbocycles. The summed E-state index contributed by atoms with van der Waals surface area (Å²) in [6, 6.07) is 4.23. The maximum atomic E-state index is 5.72. The molecule has 4 nitrogen and oxygen atoms in total. The van der Waals surface area contributed by atoms with E-state index in [1.807, 2.05) is 6.07 Å². The van der Waals surface area contributed by atoms with Crippen LogP contribution in [0, 0.1) is 11.8 Å². The van der Waals surface area contributed by atoms with Gasteiger partial charge in [0.05, 0.1) is 0 Å². The van der Waals surface area contributed by atoms with Crippen molar-refractivity contribution in [1.82, 2.24) is 15.1 Å². The highest BCUT2D eigenvalue weighted by Crippen LogP contribution is 2.38. The standard InChI is InChI=1S/C12H17ClN4/c1-17-6-8-4-10(5-9(8)7-17)14-12-3-2-11(13)15-16-12/h2-3,8-10H,4-7H2,1H3,(H,14,16)/t8-,9+,10+.